The SMILES string of the molecule is c1ccc(-c2c3ccccc3c(-c3ccc(-c4ccc5c(c4)oc4cc6c(cc45)oc4ccc5ccccc5c46)c4ccccc34)c3ccccc23)cc1. The molecule has 0 saturated heterocycles. The van der Waals surface area contributed by atoms with E-state index in [9.17, 15) is 0 Å². The maximum atomic E-state index is 6.66. The first kappa shape index (κ1) is 29.4. The van der Waals surface area contributed by atoms with Crippen molar-refractivity contribution in [3.63, 3.8) is 0 Å². The number of rotatable bonds is 3. The van der Waals surface area contributed by atoms with Gasteiger partial charge in [0.1, 0.15) is 22.3 Å². The molecule has 2 aromatic heterocycles. The molecule has 10 aromatic carbocycles. The lowest BCUT2D eigenvalue weighted by Crippen LogP contribution is -1.92. The zero-order valence-corrected chi connectivity index (χ0v) is 29.1. The molecule has 0 saturated carbocycles. The third kappa shape index (κ3) is 4.17. The van der Waals surface area contributed by atoms with Gasteiger partial charge in [0.05, 0.1) is 0 Å². The van der Waals surface area contributed by atoms with Crippen LogP contribution in [-0.4, -0.2) is 0 Å². The Hall–Kier alpha value is -7.16. The topological polar surface area (TPSA) is 26.3 Å². The molecule has 2 nitrogen and oxygen atoms in total. The normalized spacial score (nSPS) is 12.1. The third-order valence-corrected chi connectivity index (χ3v) is 11.5. The molecule has 54 heavy (non-hydrogen) atoms. The monoisotopic (exact) mass is 686 g/mol. The van der Waals surface area contributed by atoms with E-state index < -0.39 is 0 Å². The first-order chi connectivity index (χ1) is 26.8. The first-order valence-electron chi connectivity index (χ1n) is 18.5. The minimum atomic E-state index is 0.864. The lowest BCUT2D eigenvalue weighted by Gasteiger charge is -2.19. The van der Waals surface area contributed by atoms with Gasteiger partial charge in [0.15, 0.2) is 0 Å². The van der Waals surface area contributed by atoms with Crippen LogP contribution in [-0.2, 0) is 0 Å². The molecule has 0 spiro atoms. The Labute approximate surface area is 310 Å². The van der Waals surface area contributed by atoms with Gasteiger partial charge in [-0.2, -0.15) is 0 Å². The molecule has 12 rings (SSSR count). The molecular formula is C52H30O2. The summed E-state index contributed by atoms with van der Waals surface area (Å²) in [6.07, 6.45) is 0. The lowest BCUT2D eigenvalue weighted by atomic mass is 9.84. The number of fused-ring (bicyclic) bond motifs is 11. The van der Waals surface area contributed by atoms with Gasteiger partial charge in [-0.3, -0.25) is 0 Å². The Morgan fingerprint density at radius 3 is 1.54 bits per heavy atom. The van der Waals surface area contributed by atoms with Gasteiger partial charge in [-0.25, -0.2) is 0 Å². The minimum Gasteiger partial charge on any atom is -0.456 e. The Morgan fingerprint density at radius 1 is 0.259 bits per heavy atom. The number of furan rings is 2. The summed E-state index contributed by atoms with van der Waals surface area (Å²) < 4.78 is 13.1. The highest BCUT2D eigenvalue weighted by Crippen LogP contribution is 2.47. The Kier molecular flexibility index (Phi) is 6.09. The van der Waals surface area contributed by atoms with Gasteiger partial charge >= 0.3 is 0 Å². The van der Waals surface area contributed by atoms with Gasteiger partial charge < -0.3 is 8.83 Å². The number of hydrogen-bond acceptors (Lipinski definition) is 2. The summed E-state index contributed by atoms with van der Waals surface area (Å²) in [4.78, 5) is 0. The first-order valence-corrected chi connectivity index (χ1v) is 18.5. The van der Waals surface area contributed by atoms with Crippen LogP contribution in [0.1, 0.15) is 0 Å². The molecular weight excluding hydrogens is 657 g/mol. The van der Waals surface area contributed by atoms with Crippen molar-refractivity contribution in [2.24, 2.45) is 0 Å². The van der Waals surface area contributed by atoms with E-state index in [0.29, 0.717) is 0 Å². The third-order valence-electron chi connectivity index (χ3n) is 11.5. The number of hydrogen-bond donors (Lipinski definition) is 0. The summed E-state index contributed by atoms with van der Waals surface area (Å²) in [5.74, 6) is 0. The summed E-state index contributed by atoms with van der Waals surface area (Å²) in [5.41, 5.74) is 10.8. The van der Waals surface area contributed by atoms with E-state index in [1.54, 1.807) is 0 Å². The molecule has 0 aliphatic heterocycles. The zero-order valence-electron chi connectivity index (χ0n) is 29.1. The van der Waals surface area contributed by atoms with Crippen molar-refractivity contribution in [3.05, 3.63) is 182 Å². The molecule has 0 N–H and O–H groups in total. The largest absolute Gasteiger partial charge is 0.456 e. The fraction of sp³-hybridized carbons (Fsp3) is 0. The van der Waals surface area contributed by atoms with E-state index in [1.165, 1.54) is 70.9 Å². The van der Waals surface area contributed by atoms with Crippen molar-refractivity contribution in [2.75, 3.05) is 0 Å². The van der Waals surface area contributed by atoms with E-state index in [4.69, 9.17) is 8.83 Å². The lowest BCUT2D eigenvalue weighted by molar-refractivity contribution is 0.664. The van der Waals surface area contributed by atoms with Crippen LogP contribution in [0.25, 0.3) is 120 Å². The Bertz CT molecular complexity index is 3430. The van der Waals surface area contributed by atoms with Crippen LogP contribution in [0.15, 0.2) is 191 Å². The summed E-state index contributed by atoms with van der Waals surface area (Å²) in [5, 5.41) is 14.2. The van der Waals surface area contributed by atoms with E-state index in [1.807, 2.05) is 0 Å². The van der Waals surface area contributed by atoms with Gasteiger partial charge in [-0.1, -0.05) is 152 Å². The van der Waals surface area contributed by atoms with Gasteiger partial charge in [-0.15, -0.1) is 0 Å². The van der Waals surface area contributed by atoms with Crippen molar-refractivity contribution < 1.29 is 8.83 Å². The Balaban J connectivity index is 1.06. The van der Waals surface area contributed by atoms with Crippen molar-refractivity contribution in [1.82, 2.24) is 0 Å². The summed E-state index contributed by atoms with van der Waals surface area (Å²) in [7, 11) is 0. The van der Waals surface area contributed by atoms with Crippen LogP contribution in [0, 0.1) is 0 Å². The summed E-state index contributed by atoms with van der Waals surface area (Å²) in [6.45, 7) is 0. The van der Waals surface area contributed by atoms with Crippen molar-refractivity contribution in [1.29, 1.82) is 0 Å². The predicted molar refractivity (Wildman–Crippen MR) is 227 cm³/mol. The molecule has 12 aromatic rings. The quantitative estimate of drug-likeness (QED) is 0.173. The molecule has 0 atom stereocenters. The highest BCUT2D eigenvalue weighted by Gasteiger charge is 2.20. The van der Waals surface area contributed by atoms with Crippen LogP contribution in [0.2, 0.25) is 0 Å². The standard InChI is InChI=1S/C52H30O2/c1-2-13-32(14-3-1)50-39-18-8-10-20-41(39)51(42-21-11-9-19-40(42)50)43-26-25-34(36-16-6-7-17-37(36)43)33-22-24-38-44-29-49-45(30-48(44)54-47(38)28-33)52-35-15-5-4-12-31(35)23-27-46(52)53-49/h1-30H. The average molecular weight is 687 g/mol. The molecule has 0 aliphatic rings. The van der Waals surface area contributed by atoms with Crippen LogP contribution < -0.4 is 0 Å². The van der Waals surface area contributed by atoms with Crippen LogP contribution >= 0.6 is 0 Å². The molecule has 0 unspecified atom stereocenters. The minimum absolute atomic E-state index is 0.864. The van der Waals surface area contributed by atoms with Crippen LogP contribution in [0.3, 0.4) is 0 Å². The zero-order chi connectivity index (χ0) is 35.3. The van der Waals surface area contributed by atoms with E-state index >= 15 is 0 Å². The number of benzene rings is 10. The second kappa shape index (κ2) is 11.2. The molecule has 2 heterocycles. The Morgan fingerprint density at radius 2 is 0.796 bits per heavy atom. The second-order valence-electron chi connectivity index (χ2n) is 14.3. The average Bonchev–Trinajstić information content (AvgIpc) is 3.78. The smallest absolute Gasteiger partial charge is 0.136 e. The highest BCUT2D eigenvalue weighted by atomic mass is 16.3. The van der Waals surface area contributed by atoms with Gasteiger partial charge in [0.2, 0.25) is 0 Å². The van der Waals surface area contributed by atoms with Gasteiger partial charge in [-0.05, 0) is 107 Å². The maximum Gasteiger partial charge on any atom is 0.136 e. The van der Waals surface area contributed by atoms with Gasteiger partial charge in [0, 0.05) is 21.5 Å². The van der Waals surface area contributed by atoms with Crippen molar-refractivity contribution >= 4 is 87.0 Å². The summed E-state index contributed by atoms with van der Waals surface area (Å²) >= 11 is 0. The molecule has 250 valence electrons. The molecule has 0 radical (unpaired) electrons. The van der Waals surface area contributed by atoms with Crippen molar-refractivity contribution in [3.8, 4) is 33.4 Å². The fourth-order valence-electron chi connectivity index (χ4n) is 9.09. The molecule has 2 heteroatoms. The second-order valence-corrected chi connectivity index (χ2v) is 14.3. The predicted octanol–water partition coefficient (Wildman–Crippen LogP) is 15.1. The van der Waals surface area contributed by atoms with Crippen LogP contribution in [0.5, 0.6) is 0 Å². The van der Waals surface area contributed by atoms with Crippen LogP contribution in [0.4, 0.5) is 0 Å². The summed E-state index contributed by atoms with van der Waals surface area (Å²) in [6, 6.07) is 65.6. The van der Waals surface area contributed by atoms with Crippen molar-refractivity contribution in [2.45, 2.75) is 0 Å². The molecule has 0 fully saturated rings. The molecule has 0 bridgehead atoms. The maximum absolute atomic E-state index is 6.66. The van der Waals surface area contributed by atoms with E-state index in [-0.39, 0.29) is 0 Å². The van der Waals surface area contributed by atoms with Gasteiger partial charge in [0.25, 0.3) is 0 Å². The molecule has 0 aliphatic carbocycles. The fourth-order valence-corrected chi connectivity index (χ4v) is 9.09. The van der Waals surface area contributed by atoms with E-state index in [0.717, 1.165) is 49.4 Å². The molecule has 0 amide bonds. The highest BCUT2D eigenvalue weighted by molar-refractivity contribution is 6.25. The van der Waals surface area contributed by atoms with E-state index in [2.05, 4.69) is 182 Å².